The zero-order valence-corrected chi connectivity index (χ0v) is 29.6. The van der Waals surface area contributed by atoms with E-state index in [1.807, 2.05) is 48.5 Å². The molecule has 2 aliphatic carbocycles. The third-order valence-corrected chi connectivity index (χ3v) is 11.4. The Hall–Kier alpha value is -3.58. The maximum atomic E-state index is 14.7. The second-order valence-electron chi connectivity index (χ2n) is 14.8. The highest BCUT2D eigenvalue weighted by molar-refractivity contribution is 5.38. The van der Waals surface area contributed by atoms with Crippen LogP contribution in [0.3, 0.4) is 0 Å². The summed E-state index contributed by atoms with van der Waals surface area (Å²) in [6.07, 6.45) is 11.5. The van der Waals surface area contributed by atoms with Gasteiger partial charge in [0.2, 0.25) is 0 Å². The molecule has 2 aliphatic rings. The quantitative estimate of drug-likeness (QED) is 0.105. The smallest absolute Gasteiger partial charge is 0.194 e. The number of rotatable bonds is 12. The second-order valence-corrected chi connectivity index (χ2v) is 14.8. The van der Waals surface area contributed by atoms with Crippen LogP contribution in [0.2, 0.25) is 0 Å². The van der Waals surface area contributed by atoms with Gasteiger partial charge in [0, 0.05) is 0 Å². The first-order valence-corrected chi connectivity index (χ1v) is 18.8. The van der Waals surface area contributed by atoms with Gasteiger partial charge in [-0.15, -0.1) is 0 Å². The van der Waals surface area contributed by atoms with E-state index in [-0.39, 0.29) is 11.1 Å². The van der Waals surface area contributed by atoms with Crippen molar-refractivity contribution in [2.24, 2.45) is 11.8 Å². The SMILES string of the molecule is CCCC1CCC(c2ccc(C(OC(c3ccc(C4CCC(CCC)CC4)cc3)c3cc(F)c(F)c(F)c3)c3cc(F)c(F)c(F)c3)cc2)CC1. The Kier molecular flexibility index (Phi) is 12.3. The van der Waals surface area contributed by atoms with Crippen LogP contribution >= 0.6 is 0 Å². The fraction of sp³-hybridized carbons (Fsp3) is 0.455. The monoisotopic (exact) mass is 706 g/mol. The molecule has 2 unspecified atom stereocenters. The summed E-state index contributed by atoms with van der Waals surface area (Å²) in [5.74, 6) is -6.45. The summed E-state index contributed by atoms with van der Waals surface area (Å²) in [4.78, 5) is 0. The molecule has 0 saturated heterocycles. The van der Waals surface area contributed by atoms with Gasteiger partial charge in [-0.3, -0.25) is 0 Å². The second kappa shape index (κ2) is 16.8. The minimum absolute atomic E-state index is 0.00672. The average Bonchev–Trinajstić information content (AvgIpc) is 3.14. The van der Waals surface area contributed by atoms with Gasteiger partial charge in [-0.25, -0.2) is 26.3 Å². The average molecular weight is 707 g/mol. The number of hydrogen-bond donors (Lipinski definition) is 0. The number of benzene rings is 4. The molecule has 6 rings (SSSR count). The molecule has 0 N–H and O–H groups in total. The summed E-state index contributed by atoms with van der Waals surface area (Å²) in [7, 11) is 0. The van der Waals surface area contributed by atoms with E-state index in [0.717, 1.165) is 72.9 Å². The molecule has 1 nitrogen and oxygen atoms in total. The lowest BCUT2D eigenvalue weighted by Gasteiger charge is -2.30. The van der Waals surface area contributed by atoms with Crippen LogP contribution in [0.1, 0.15) is 148 Å². The van der Waals surface area contributed by atoms with Crippen molar-refractivity contribution in [3.63, 3.8) is 0 Å². The first-order chi connectivity index (χ1) is 24.6. The Morgan fingerprint density at radius 2 is 0.784 bits per heavy atom. The van der Waals surface area contributed by atoms with E-state index >= 15 is 0 Å². The van der Waals surface area contributed by atoms with E-state index in [0.29, 0.717) is 23.0 Å². The van der Waals surface area contributed by atoms with Gasteiger partial charge in [0.1, 0.15) is 12.2 Å². The molecule has 0 spiro atoms. The molecule has 0 aromatic heterocycles. The van der Waals surface area contributed by atoms with Crippen LogP contribution in [-0.4, -0.2) is 0 Å². The predicted molar refractivity (Wildman–Crippen MR) is 190 cm³/mol. The molecular weight excluding hydrogens is 658 g/mol. The maximum Gasteiger partial charge on any atom is 0.194 e. The van der Waals surface area contributed by atoms with Crippen LogP contribution in [0, 0.1) is 46.7 Å². The number of ether oxygens (including phenoxy) is 1. The first kappa shape index (κ1) is 37.2. The molecule has 2 saturated carbocycles. The fourth-order valence-corrected chi connectivity index (χ4v) is 8.56. The summed E-state index contributed by atoms with van der Waals surface area (Å²) in [6, 6.07) is 18.8. The predicted octanol–water partition coefficient (Wildman–Crippen LogP) is 13.6. The summed E-state index contributed by atoms with van der Waals surface area (Å²) in [6.45, 7) is 4.43. The van der Waals surface area contributed by atoms with Crippen LogP contribution < -0.4 is 0 Å². The lowest BCUT2D eigenvalue weighted by atomic mass is 9.77. The Bertz CT molecular complexity index is 1560. The number of halogens is 6. The summed E-state index contributed by atoms with van der Waals surface area (Å²) >= 11 is 0. The Balaban J connectivity index is 1.34. The van der Waals surface area contributed by atoms with E-state index in [4.69, 9.17) is 4.74 Å². The molecule has 0 amide bonds. The normalized spacial score (nSPS) is 22.1. The summed E-state index contributed by atoms with van der Waals surface area (Å²) < 4.78 is 93.9. The zero-order valence-electron chi connectivity index (χ0n) is 29.6. The van der Waals surface area contributed by atoms with Gasteiger partial charge < -0.3 is 4.74 Å². The minimum atomic E-state index is -1.61. The van der Waals surface area contributed by atoms with E-state index in [9.17, 15) is 26.3 Å². The van der Waals surface area contributed by atoms with E-state index in [1.165, 1.54) is 51.4 Å². The molecule has 7 heteroatoms. The van der Waals surface area contributed by atoms with Crippen molar-refractivity contribution in [1.29, 1.82) is 0 Å². The molecule has 2 atom stereocenters. The zero-order chi connectivity index (χ0) is 36.1. The highest BCUT2D eigenvalue weighted by Crippen LogP contribution is 2.42. The van der Waals surface area contributed by atoms with E-state index in [2.05, 4.69) is 13.8 Å². The highest BCUT2D eigenvalue weighted by Gasteiger charge is 2.29. The molecule has 4 aromatic rings. The largest absolute Gasteiger partial charge is 0.356 e. The van der Waals surface area contributed by atoms with E-state index < -0.39 is 47.1 Å². The third kappa shape index (κ3) is 8.73. The Labute approximate surface area is 298 Å². The lowest BCUT2D eigenvalue weighted by Crippen LogP contribution is -2.16. The Morgan fingerprint density at radius 3 is 1.08 bits per heavy atom. The third-order valence-electron chi connectivity index (χ3n) is 11.4. The highest BCUT2D eigenvalue weighted by atomic mass is 19.2. The molecule has 0 radical (unpaired) electrons. The van der Waals surface area contributed by atoms with Crippen molar-refractivity contribution in [3.05, 3.63) is 141 Å². The topological polar surface area (TPSA) is 9.23 Å². The van der Waals surface area contributed by atoms with E-state index in [1.54, 1.807) is 0 Å². The maximum absolute atomic E-state index is 14.7. The van der Waals surface area contributed by atoms with Crippen LogP contribution in [0.5, 0.6) is 0 Å². The molecular formula is C44H48F6O. The van der Waals surface area contributed by atoms with Crippen LogP contribution in [0.15, 0.2) is 72.8 Å². The first-order valence-electron chi connectivity index (χ1n) is 18.8. The van der Waals surface area contributed by atoms with Crippen molar-refractivity contribution in [1.82, 2.24) is 0 Å². The van der Waals surface area contributed by atoms with Crippen molar-refractivity contribution < 1.29 is 31.1 Å². The minimum Gasteiger partial charge on any atom is -0.356 e. The fourth-order valence-electron chi connectivity index (χ4n) is 8.56. The Morgan fingerprint density at radius 1 is 0.471 bits per heavy atom. The van der Waals surface area contributed by atoms with Crippen molar-refractivity contribution >= 4 is 0 Å². The van der Waals surface area contributed by atoms with Crippen LogP contribution in [-0.2, 0) is 4.74 Å². The lowest BCUT2D eigenvalue weighted by molar-refractivity contribution is 0.0300. The van der Waals surface area contributed by atoms with Gasteiger partial charge in [-0.1, -0.05) is 88.1 Å². The molecule has 0 bridgehead atoms. The summed E-state index contributed by atoms with van der Waals surface area (Å²) in [5.41, 5.74) is 3.35. The molecule has 272 valence electrons. The molecule has 2 fully saturated rings. The standard InChI is InChI=1S/C44H48F6O/c1-3-5-27-7-11-29(12-8-27)31-15-19-33(20-16-31)43(35-23-37(45)41(49)38(46)24-35)51-44(36-25-39(47)42(50)40(48)26-36)34-21-17-32(18-22-34)30-13-9-28(6-4-2)10-14-30/h15-30,43-44H,3-14H2,1-2H3. The summed E-state index contributed by atoms with van der Waals surface area (Å²) in [5, 5.41) is 0. The molecule has 4 aromatic carbocycles. The van der Waals surface area contributed by atoms with Gasteiger partial charge >= 0.3 is 0 Å². The molecule has 51 heavy (non-hydrogen) atoms. The van der Waals surface area contributed by atoms with Crippen molar-refractivity contribution in [3.8, 4) is 0 Å². The molecule has 0 heterocycles. The van der Waals surface area contributed by atoms with Crippen LogP contribution in [0.4, 0.5) is 26.3 Å². The van der Waals surface area contributed by atoms with Gasteiger partial charge in [0.05, 0.1) is 0 Å². The van der Waals surface area contributed by atoms with Gasteiger partial charge in [0.15, 0.2) is 34.9 Å². The van der Waals surface area contributed by atoms with Crippen molar-refractivity contribution in [2.45, 2.75) is 115 Å². The van der Waals surface area contributed by atoms with Crippen molar-refractivity contribution in [2.75, 3.05) is 0 Å². The van der Waals surface area contributed by atoms with Gasteiger partial charge in [-0.05, 0) is 133 Å². The van der Waals surface area contributed by atoms with Gasteiger partial charge in [0.25, 0.3) is 0 Å². The van der Waals surface area contributed by atoms with Crippen LogP contribution in [0.25, 0.3) is 0 Å². The number of hydrogen-bond acceptors (Lipinski definition) is 1. The van der Waals surface area contributed by atoms with Gasteiger partial charge in [-0.2, -0.15) is 0 Å². The molecule has 0 aliphatic heterocycles.